The zero-order valence-electron chi connectivity index (χ0n) is 19.3. The summed E-state index contributed by atoms with van der Waals surface area (Å²) in [4.78, 5) is 13.1. The molecule has 0 saturated carbocycles. The molecule has 2 bridgehead atoms. The summed E-state index contributed by atoms with van der Waals surface area (Å²) in [7, 11) is 0. The first-order valence-corrected chi connectivity index (χ1v) is 11.4. The van der Waals surface area contributed by atoms with E-state index in [4.69, 9.17) is 0 Å². The summed E-state index contributed by atoms with van der Waals surface area (Å²) in [5.41, 5.74) is 2.54. The monoisotopic (exact) mass is 447 g/mol. The Kier molecular flexibility index (Phi) is 5.12. The van der Waals surface area contributed by atoms with E-state index in [2.05, 4.69) is 40.7 Å². The van der Waals surface area contributed by atoms with Crippen LogP contribution in [0.1, 0.15) is 45.7 Å². The molecule has 5 rings (SSSR count). The number of imidazole rings is 1. The van der Waals surface area contributed by atoms with Gasteiger partial charge >= 0.3 is 0 Å². The van der Waals surface area contributed by atoms with Gasteiger partial charge in [-0.1, -0.05) is 13.5 Å². The minimum absolute atomic E-state index is 0.104. The van der Waals surface area contributed by atoms with Crippen molar-refractivity contribution in [3.63, 3.8) is 0 Å². The second-order valence-corrected chi connectivity index (χ2v) is 10.3. The van der Waals surface area contributed by atoms with Crippen molar-refractivity contribution in [2.75, 3.05) is 0 Å². The number of hydrogen-bond donors (Lipinski definition) is 2. The van der Waals surface area contributed by atoms with E-state index >= 15 is 4.39 Å². The van der Waals surface area contributed by atoms with Gasteiger partial charge < -0.3 is 15.0 Å². The molecule has 2 N–H and O–H groups in total. The summed E-state index contributed by atoms with van der Waals surface area (Å²) in [5.74, 6) is 0.282. The highest BCUT2D eigenvalue weighted by Crippen LogP contribution is 2.49. The molecule has 0 amide bonds. The van der Waals surface area contributed by atoms with Crippen LogP contribution in [0.25, 0.3) is 22.5 Å². The van der Waals surface area contributed by atoms with Gasteiger partial charge in [0.05, 0.1) is 35.8 Å². The number of hydrogen-bond acceptors (Lipinski definition) is 5. The molecular weight excluding hydrogens is 417 g/mol. The number of phenols is 1. The number of alkyl halides is 1. The van der Waals surface area contributed by atoms with E-state index in [-0.39, 0.29) is 17.2 Å². The minimum atomic E-state index is -1.04. The molecule has 5 atom stereocenters. The van der Waals surface area contributed by atoms with Gasteiger partial charge in [-0.3, -0.25) is 9.97 Å². The lowest BCUT2D eigenvalue weighted by molar-refractivity contribution is -0.0251. The number of fused-ring (bicyclic) bond motifs is 2. The van der Waals surface area contributed by atoms with E-state index in [0.717, 1.165) is 18.5 Å². The molecule has 6 nitrogen and oxygen atoms in total. The molecule has 3 aromatic rings. The summed E-state index contributed by atoms with van der Waals surface area (Å²) < 4.78 is 17.5. The highest BCUT2D eigenvalue weighted by atomic mass is 19.1. The largest absolute Gasteiger partial charge is 0.507 e. The molecule has 172 valence electrons. The third kappa shape index (κ3) is 3.84. The number of piperidine rings is 2. The van der Waals surface area contributed by atoms with Crippen LogP contribution in [0.15, 0.2) is 55.9 Å². The van der Waals surface area contributed by atoms with Crippen molar-refractivity contribution >= 4 is 5.57 Å². The zero-order chi connectivity index (χ0) is 23.4. The van der Waals surface area contributed by atoms with Crippen LogP contribution in [-0.4, -0.2) is 41.9 Å². The number of benzene rings is 1. The summed E-state index contributed by atoms with van der Waals surface area (Å²) in [6.07, 6.45) is 9.90. The van der Waals surface area contributed by atoms with Crippen molar-refractivity contribution in [1.82, 2.24) is 24.8 Å². The average molecular weight is 448 g/mol. The van der Waals surface area contributed by atoms with Crippen molar-refractivity contribution in [1.29, 1.82) is 0 Å². The predicted octanol–water partition coefficient (Wildman–Crippen LogP) is 4.94. The fourth-order valence-corrected chi connectivity index (χ4v) is 6.14. The molecule has 0 spiro atoms. The quantitative estimate of drug-likeness (QED) is 0.592. The summed E-state index contributed by atoms with van der Waals surface area (Å²) in [6.45, 7) is 10.6. The second-order valence-electron chi connectivity index (χ2n) is 10.3. The molecule has 0 unspecified atom stereocenters. The van der Waals surface area contributed by atoms with Crippen LogP contribution in [-0.2, 0) is 0 Å². The molecule has 7 heteroatoms. The van der Waals surface area contributed by atoms with Crippen molar-refractivity contribution in [2.24, 2.45) is 11.8 Å². The van der Waals surface area contributed by atoms with E-state index < -0.39 is 11.7 Å². The normalized spacial score (nSPS) is 31.3. The number of halogens is 1. The third-order valence-electron chi connectivity index (χ3n) is 7.28. The van der Waals surface area contributed by atoms with Crippen molar-refractivity contribution in [2.45, 2.75) is 57.3 Å². The number of rotatable bonds is 4. The van der Waals surface area contributed by atoms with Crippen molar-refractivity contribution in [3.05, 3.63) is 61.6 Å². The van der Waals surface area contributed by atoms with Crippen molar-refractivity contribution in [3.8, 4) is 22.7 Å². The van der Waals surface area contributed by atoms with Crippen LogP contribution in [0.3, 0.4) is 0 Å². The zero-order valence-corrected chi connectivity index (χ0v) is 19.3. The minimum Gasteiger partial charge on any atom is -0.507 e. The summed E-state index contributed by atoms with van der Waals surface area (Å²) >= 11 is 0. The van der Waals surface area contributed by atoms with Crippen LogP contribution in [0.5, 0.6) is 5.75 Å². The molecular formula is C26H30FN5O. The maximum absolute atomic E-state index is 15.7. The number of nitrogens with zero attached hydrogens (tertiary/aromatic N) is 4. The van der Waals surface area contributed by atoms with Gasteiger partial charge in [0, 0.05) is 41.0 Å². The van der Waals surface area contributed by atoms with Crippen LogP contribution in [0.2, 0.25) is 0 Å². The maximum Gasteiger partial charge on any atom is 0.127 e. The molecule has 33 heavy (non-hydrogen) atoms. The molecule has 2 fully saturated rings. The van der Waals surface area contributed by atoms with Gasteiger partial charge in [-0.15, -0.1) is 0 Å². The summed E-state index contributed by atoms with van der Waals surface area (Å²) in [5, 5.41) is 14.1. The first kappa shape index (κ1) is 21.8. The molecule has 2 aliphatic rings. The fourth-order valence-electron chi connectivity index (χ4n) is 6.14. The van der Waals surface area contributed by atoms with Gasteiger partial charge in [-0.2, -0.15) is 0 Å². The first-order valence-electron chi connectivity index (χ1n) is 11.4. The summed E-state index contributed by atoms with van der Waals surface area (Å²) in [6, 6.07) is 5.35. The van der Waals surface area contributed by atoms with Gasteiger partial charge in [0.2, 0.25) is 0 Å². The topological polar surface area (TPSA) is 75.9 Å². The Balaban J connectivity index is 1.38. The molecule has 2 saturated heterocycles. The standard InChI is InChI=1S/C26H30FN5O/c1-16-10-25(3)12-20(24(27)26(4,11-16)31-25)17(2)21-13-30-22(14-29-21)19-6-5-18(9-23(19)33)32-8-7-28-15-32/h5-9,13-16,20,24,31,33H,2,10-12H2,1,3-4H3/t16-,20-,24-,25+,26-/m1/s1. The number of phenolic OH excluding ortho intramolecular Hbond substituents is 1. The van der Waals surface area contributed by atoms with E-state index in [9.17, 15) is 5.11 Å². The Morgan fingerprint density at radius 3 is 2.70 bits per heavy atom. The van der Waals surface area contributed by atoms with Crippen LogP contribution >= 0.6 is 0 Å². The molecule has 2 aliphatic heterocycles. The Morgan fingerprint density at radius 2 is 2.03 bits per heavy atom. The average Bonchev–Trinajstić information content (AvgIpc) is 3.30. The molecule has 0 radical (unpaired) electrons. The SMILES string of the molecule is C=C(c1cnc(-c2ccc(-n3ccnc3)cc2O)cn1)[C@H]1C[C@]2(C)C[C@@H](C)C[C@@](C)(N2)[C@@H]1F. The third-order valence-corrected chi connectivity index (χ3v) is 7.28. The van der Waals surface area contributed by atoms with Gasteiger partial charge in [-0.05, 0) is 56.7 Å². The van der Waals surface area contributed by atoms with E-state index in [1.54, 1.807) is 37.1 Å². The lowest BCUT2D eigenvalue weighted by Gasteiger charge is -2.57. The molecule has 0 aliphatic carbocycles. The lowest BCUT2D eigenvalue weighted by Crippen LogP contribution is -2.70. The maximum atomic E-state index is 15.7. The highest BCUT2D eigenvalue weighted by molar-refractivity contribution is 5.70. The molecule has 1 aromatic carbocycles. The first-order chi connectivity index (χ1) is 15.7. The fraction of sp³-hybridized carbons (Fsp3) is 0.423. The number of nitrogens with one attached hydrogen (secondary N) is 1. The highest BCUT2D eigenvalue weighted by Gasteiger charge is 2.54. The van der Waals surface area contributed by atoms with Crippen LogP contribution in [0.4, 0.5) is 4.39 Å². The smallest absolute Gasteiger partial charge is 0.127 e. The van der Waals surface area contributed by atoms with Gasteiger partial charge in [-0.25, -0.2) is 9.37 Å². The van der Waals surface area contributed by atoms with E-state index in [1.165, 1.54) is 0 Å². The second kappa shape index (κ2) is 7.76. The number of aromatic hydroxyl groups is 1. The van der Waals surface area contributed by atoms with Gasteiger partial charge in [0.1, 0.15) is 11.9 Å². The number of allylic oxidation sites excluding steroid dienone is 1. The van der Waals surface area contributed by atoms with Crippen LogP contribution < -0.4 is 5.32 Å². The Bertz CT molecular complexity index is 1180. The Morgan fingerprint density at radius 1 is 1.21 bits per heavy atom. The van der Waals surface area contributed by atoms with E-state index in [0.29, 0.717) is 34.9 Å². The molecule has 4 heterocycles. The van der Waals surface area contributed by atoms with Gasteiger partial charge in [0.15, 0.2) is 0 Å². The van der Waals surface area contributed by atoms with Crippen LogP contribution in [0, 0.1) is 11.8 Å². The number of aromatic nitrogens is 4. The predicted molar refractivity (Wildman–Crippen MR) is 127 cm³/mol. The lowest BCUT2D eigenvalue weighted by atomic mass is 9.61. The van der Waals surface area contributed by atoms with E-state index in [1.807, 2.05) is 23.8 Å². The molecule has 2 aromatic heterocycles. The van der Waals surface area contributed by atoms with Crippen molar-refractivity contribution < 1.29 is 9.50 Å². The Hall–Kier alpha value is -3.06. The Labute approximate surface area is 193 Å². The van der Waals surface area contributed by atoms with Gasteiger partial charge in [0.25, 0.3) is 0 Å².